The number of halogens is 6. The Hall–Kier alpha value is -5.69. The number of amides is 2. The lowest BCUT2D eigenvalue weighted by Gasteiger charge is -2.36. The predicted octanol–water partition coefficient (Wildman–Crippen LogP) is 5.02. The van der Waals surface area contributed by atoms with E-state index in [0.717, 1.165) is 28.8 Å². The molecular formula is C36H34ClF5N10O4. The van der Waals surface area contributed by atoms with Crippen LogP contribution in [0, 0.1) is 18.6 Å². The molecule has 0 saturated carbocycles. The van der Waals surface area contributed by atoms with Gasteiger partial charge in [-0.25, -0.2) is 18.7 Å². The Morgan fingerprint density at radius 2 is 1.77 bits per heavy atom. The molecule has 0 radical (unpaired) electrons. The summed E-state index contributed by atoms with van der Waals surface area (Å²) in [5, 5.41) is 17.0. The molecule has 2 unspecified atom stereocenters. The summed E-state index contributed by atoms with van der Waals surface area (Å²) in [7, 11) is 3.39. The number of carbonyl (C=O) groups is 2. The van der Waals surface area contributed by atoms with E-state index in [4.69, 9.17) is 11.6 Å². The Labute approximate surface area is 320 Å². The molecule has 294 valence electrons. The zero-order chi connectivity index (χ0) is 40.4. The second-order valence-corrected chi connectivity index (χ2v) is 14.4. The molecule has 2 aliphatic heterocycles. The summed E-state index contributed by atoms with van der Waals surface area (Å²) in [5.41, 5.74) is -1.46. The van der Waals surface area contributed by atoms with Crippen LogP contribution < -0.4 is 15.8 Å². The molecule has 14 nitrogen and oxygen atoms in total. The van der Waals surface area contributed by atoms with E-state index in [9.17, 15) is 32.7 Å². The van der Waals surface area contributed by atoms with Crippen molar-refractivity contribution in [2.75, 3.05) is 50.5 Å². The molecule has 0 bridgehead atoms. The van der Waals surface area contributed by atoms with Gasteiger partial charge in [0.15, 0.2) is 17.3 Å². The highest BCUT2D eigenvalue weighted by molar-refractivity contribution is 6.33. The fourth-order valence-corrected chi connectivity index (χ4v) is 7.36. The van der Waals surface area contributed by atoms with E-state index in [-0.39, 0.29) is 95.4 Å². The van der Waals surface area contributed by atoms with Crippen LogP contribution in [0.25, 0.3) is 17.2 Å². The number of piperazine rings is 1. The van der Waals surface area contributed by atoms with Crippen molar-refractivity contribution in [2.24, 2.45) is 0 Å². The first kappa shape index (κ1) is 38.6. The standard InChI is InChI=1S/C36H34ClF5N10O4/c1-17-11-26(32(54)45-25-6-5-20(13-22(25)37)36(40,41)42)51-28(17)29(49-7-9-50(10-8-49)33(55)27-30(53)18(2)43-16-44-27)34(56)52-35(51)46-31(47-52)21-14-23(38)19(12-24(21)39)15-48(3)4/h5-6,12-14,16-17,26,53H,7-11,15H2,1-4H3,(H,45,54). The SMILES string of the molecule is Cc1ncnc(C(=O)N2CCN(c3c4n(c5nc(-c6cc(F)c(CN(C)C)cc6F)nn5c3=O)C(C(=O)Nc3ccc(C(F)(F)F)cc3Cl)CC4C)CC2)c1O. The lowest BCUT2D eigenvalue weighted by Crippen LogP contribution is -2.51. The molecule has 5 aromatic rings. The lowest BCUT2D eigenvalue weighted by molar-refractivity contribution is -0.137. The van der Waals surface area contributed by atoms with Crippen LogP contribution in [-0.2, 0) is 17.5 Å². The van der Waals surface area contributed by atoms with Gasteiger partial charge >= 0.3 is 6.18 Å². The third kappa shape index (κ3) is 6.89. The highest BCUT2D eigenvalue weighted by Gasteiger charge is 2.41. The number of benzene rings is 2. The number of nitrogens with one attached hydrogen (secondary N) is 1. The number of carbonyl (C=O) groups excluding carboxylic acids is 2. The monoisotopic (exact) mass is 800 g/mol. The zero-order valence-electron chi connectivity index (χ0n) is 30.3. The molecule has 3 aromatic heterocycles. The number of aromatic hydroxyl groups is 1. The highest BCUT2D eigenvalue weighted by atomic mass is 35.5. The summed E-state index contributed by atoms with van der Waals surface area (Å²) in [6.07, 6.45) is -3.40. The molecule has 20 heteroatoms. The van der Waals surface area contributed by atoms with Crippen molar-refractivity contribution in [2.45, 2.75) is 44.9 Å². The molecule has 7 rings (SSSR count). The summed E-state index contributed by atoms with van der Waals surface area (Å²) < 4.78 is 73.2. The number of rotatable bonds is 7. The van der Waals surface area contributed by atoms with Gasteiger partial charge in [0, 0.05) is 44.2 Å². The molecule has 2 aliphatic rings. The Morgan fingerprint density at radius 3 is 2.43 bits per heavy atom. The van der Waals surface area contributed by atoms with E-state index in [0.29, 0.717) is 11.8 Å². The number of anilines is 2. The molecule has 2 atom stereocenters. The van der Waals surface area contributed by atoms with Gasteiger partial charge in [0.1, 0.15) is 29.7 Å². The van der Waals surface area contributed by atoms with Gasteiger partial charge in [-0.15, -0.1) is 5.10 Å². The summed E-state index contributed by atoms with van der Waals surface area (Å²) in [6, 6.07) is 3.34. The van der Waals surface area contributed by atoms with Crippen LogP contribution in [0.1, 0.15) is 58.3 Å². The number of hydrogen-bond acceptors (Lipinski definition) is 10. The third-order valence-corrected chi connectivity index (χ3v) is 10.2. The number of alkyl halides is 3. The van der Waals surface area contributed by atoms with Gasteiger partial charge in [-0.3, -0.25) is 19.0 Å². The van der Waals surface area contributed by atoms with Crippen molar-refractivity contribution >= 4 is 40.6 Å². The van der Waals surface area contributed by atoms with Gasteiger partial charge in [-0.2, -0.15) is 22.7 Å². The quantitative estimate of drug-likeness (QED) is 0.215. The van der Waals surface area contributed by atoms with Crippen LogP contribution in [0.3, 0.4) is 0 Å². The van der Waals surface area contributed by atoms with Crippen LogP contribution in [0.2, 0.25) is 5.02 Å². The summed E-state index contributed by atoms with van der Waals surface area (Å²) in [5.74, 6) is -4.13. The summed E-state index contributed by atoms with van der Waals surface area (Å²) >= 11 is 6.17. The van der Waals surface area contributed by atoms with Crippen molar-refractivity contribution in [3.63, 3.8) is 0 Å². The van der Waals surface area contributed by atoms with Gasteiger partial charge in [0.2, 0.25) is 11.7 Å². The molecular weight excluding hydrogens is 767 g/mol. The molecule has 1 fully saturated rings. The average molecular weight is 801 g/mol. The minimum absolute atomic E-state index is 0.0808. The predicted molar refractivity (Wildman–Crippen MR) is 194 cm³/mol. The maximum Gasteiger partial charge on any atom is 0.416 e. The molecule has 5 heterocycles. The van der Waals surface area contributed by atoms with Crippen LogP contribution in [0.15, 0.2) is 41.5 Å². The van der Waals surface area contributed by atoms with E-state index in [1.54, 1.807) is 30.8 Å². The van der Waals surface area contributed by atoms with Crippen LogP contribution in [-0.4, -0.2) is 96.1 Å². The molecule has 1 saturated heterocycles. The summed E-state index contributed by atoms with van der Waals surface area (Å²) in [4.78, 5) is 58.9. The topological polar surface area (TPSA) is 154 Å². The van der Waals surface area contributed by atoms with E-state index in [1.165, 1.54) is 22.7 Å². The van der Waals surface area contributed by atoms with Crippen LogP contribution in [0.4, 0.5) is 33.3 Å². The first-order valence-corrected chi connectivity index (χ1v) is 17.7. The molecule has 56 heavy (non-hydrogen) atoms. The fourth-order valence-electron chi connectivity index (χ4n) is 7.13. The van der Waals surface area contributed by atoms with Gasteiger partial charge in [-0.05, 0) is 57.8 Å². The molecule has 0 aliphatic carbocycles. The maximum absolute atomic E-state index is 15.6. The van der Waals surface area contributed by atoms with Gasteiger partial charge < -0.3 is 25.1 Å². The molecule has 2 amide bonds. The second kappa shape index (κ2) is 14.4. The number of aryl methyl sites for hydroxylation is 1. The smallest absolute Gasteiger partial charge is 0.416 e. The van der Waals surface area contributed by atoms with E-state index < -0.39 is 52.7 Å². The highest BCUT2D eigenvalue weighted by Crippen LogP contribution is 2.43. The van der Waals surface area contributed by atoms with Gasteiger partial charge in [-0.1, -0.05) is 18.5 Å². The Balaban J connectivity index is 1.31. The average Bonchev–Trinajstić information content (AvgIpc) is 3.73. The first-order valence-electron chi connectivity index (χ1n) is 17.3. The van der Waals surface area contributed by atoms with Gasteiger partial charge in [0.25, 0.3) is 11.5 Å². The Kier molecular flexibility index (Phi) is 9.94. The Bertz CT molecular complexity index is 2460. The molecule has 0 spiro atoms. The van der Waals surface area contributed by atoms with Gasteiger partial charge in [0.05, 0.1) is 33.2 Å². The number of nitrogens with zero attached hydrogens (tertiary/aromatic N) is 9. The van der Waals surface area contributed by atoms with Crippen molar-refractivity contribution < 1.29 is 36.6 Å². The van der Waals surface area contributed by atoms with Crippen molar-refractivity contribution in [1.29, 1.82) is 0 Å². The fraction of sp³-hybridized carbons (Fsp3) is 0.361. The van der Waals surface area contributed by atoms with Crippen molar-refractivity contribution in [1.82, 2.24) is 38.9 Å². The van der Waals surface area contributed by atoms with Crippen molar-refractivity contribution in [3.8, 4) is 17.1 Å². The molecule has 2 N–H and O–H groups in total. The van der Waals surface area contributed by atoms with Crippen molar-refractivity contribution in [3.05, 3.63) is 91.9 Å². The second-order valence-electron chi connectivity index (χ2n) is 14.0. The lowest BCUT2D eigenvalue weighted by atomic mass is 10.0. The van der Waals surface area contributed by atoms with E-state index >= 15 is 8.78 Å². The first-order chi connectivity index (χ1) is 26.4. The number of aromatic nitrogens is 6. The third-order valence-electron chi connectivity index (χ3n) is 9.87. The minimum atomic E-state index is -4.67. The maximum atomic E-state index is 15.6. The zero-order valence-corrected chi connectivity index (χ0v) is 31.1. The van der Waals surface area contributed by atoms with E-state index in [1.807, 2.05) is 0 Å². The van der Waals surface area contributed by atoms with E-state index in [2.05, 4.69) is 25.4 Å². The number of hydrogen-bond donors (Lipinski definition) is 2. The summed E-state index contributed by atoms with van der Waals surface area (Å²) in [6.45, 7) is 3.89. The Morgan fingerprint density at radius 1 is 1.05 bits per heavy atom. The van der Waals surface area contributed by atoms with Crippen LogP contribution in [0.5, 0.6) is 5.75 Å². The normalized spacial score (nSPS) is 17.2. The minimum Gasteiger partial charge on any atom is -0.504 e. The molecule has 2 aromatic carbocycles. The number of fused-ring (bicyclic) bond motifs is 3. The van der Waals surface area contributed by atoms with Crippen LogP contribution >= 0.6 is 11.6 Å². The largest absolute Gasteiger partial charge is 0.504 e.